The number of hydrogen-bond donors (Lipinski definition) is 1. The maximum atomic E-state index is 5.65. The number of hydrogen-bond acceptors (Lipinski definition) is 3. The smallest absolute Gasteiger partial charge is 0.104 e. The van der Waals surface area contributed by atoms with E-state index in [9.17, 15) is 0 Å². The fourth-order valence-corrected chi connectivity index (χ4v) is 2.70. The number of nitrogens with two attached hydrogens (primary N) is 1. The molecule has 0 aliphatic rings. The molecule has 106 valence electrons. The largest absolute Gasteiger partial charge is 0.389 e. The molecule has 0 fully saturated rings. The Kier molecular flexibility index (Phi) is 6.75. The van der Waals surface area contributed by atoms with Crippen LogP contribution in [0.15, 0.2) is 22.7 Å². The van der Waals surface area contributed by atoms with Crippen molar-refractivity contribution in [3.63, 3.8) is 0 Å². The summed E-state index contributed by atoms with van der Waals surface area (Å²) >= 11 is 8.61. The lowest BCUT2D eigenvalue weighted by atomic mass is 10.2. The summed E-state index contributed by atoms with van der Waals surface area (Å²) in [5.74, 6) is 0. The standard InChI is InChI=1S/C14H22BrN3S/c1-4-18(9-5-8-17(2)3)13-7-6-11(14(16)19)10-12(13)15/h6-7,10H,4-5,8-9H2,1-3H3,(H2,16,19). The lowest BCUT2D eigenvalue weighted by molar-refractivity contribution is 0.400. The lowest BCUT2D eigenvalue weighted by Crippen LogP contribution is -2.27. The van der Waals surface area contributed by atoms with Crippen molar-refractivity contribution in [3.05, 3.63) is 28.2 Å². The van der Waals surface area contributed by atoms with Crippen LogP contribution >= 0.6 is 28.1 Å². The quantitative estimate of drug-likeness (QED) is 0.771. The maximum absolute atomic E-state index is 5.65. The monoisotopic (exact) mass is 343 g/mol. The molecule has 1 rings (SSSR count). The molecule has 0 atom stereocenters. The molecule has 0 aliphatic carbocycles. The molecule has 19 heavy (non-hydrogen) atoms. The molecular weight excluding hydrogens is 322 g/mol. The van der Waals surface area contributed by atoms with Crippen molar-refractivity contribution < 1.29 is 0 Å². The van der Waals surface area contributed by atoms with E-state index in [0.717, 1.165) is 36.1 Å². The third-order valence-electron chi connectivity index (χ3n) is 2.99. The van der Waals surface area contributed by atoms with Crippen molar-refractivity contribution in [2.75, 3.05) is 38.6 Å². The van der Waals surface area contributed by atoms with Crippen LogP contribution in [0.25, 0.3) is 0 Å². The number of halogens is 1. The molecule has 0 unspecified atom stereocenters. The second-order valence-corrected chi connectivity index (χ2v) is 6.06. The van der Waals surface area contributed by atoms with Gasteiger partial charge in [0.15, 0.2) is 0 Å². The highest BCUT2D eigenvalue weighted by Crippen LogP contribution is 2.27. The molecule has 1 aromatic rings. The third-order valence-corrected chi connectivity index (χ3v) is 3.86. The Balaban J connectivity index is 2.78. The van der Waals surface area contributed by atoms with Crippen LogP contribution in [0.1, 0.15) is 18.9 Å². The van der Waals surface area contributed by atoms with E-state index in [1.165, 1.54) is 5.69 Å². The van der Waals surface area contributed by atoms with E-state index >= 15 is 0 Å². The molecule has 0 saturated carbocycles. The highest BCUT2D eigenvalue weighted by molar-refractivity contribution is 9.10. The van der Waals surface area contributed by atoms with Gasteiger partial charge in [0.25, 0.3) is 0 Å². The number of nitrogens with zero attached hydrogens (tertiary/aromatic N) is 2. The molecule has 0 amide bonds. The van der Waals surface area contributed by atoms with E-state index in [1.54, 1.807) is 0 Å². The van der Waals surface area contributed by atoms with Crippen molar-refractivity contribution in [3.8, 4) is 0 Å². The van der Waals surface area contributed by atoms with Gasteiger partial charge in [0.2, 0.25) is 0 Å². The van der Waals surface area contributed by atoms with E-state index < -0.39 is 0 Å². The van der Waals surface area contributed by atoms with Crippen molar-refractivity contribution in [2.45, 2.75) is 13.3 Å². The van der Waals surface area contributed by atoms with Gasteiger partial charge in [-0.2, -0.15) is 0 Å². The second-order valence-electron chi connectivity index (χ2n) is 4.77. The topological polar surface area (TPSA) is 32.5 Å². The molecule has 0 saturated heterocycles. The van der Waals surface area contributed by atoms with Gasteiger partial charge in [0, 0.05) is 23.1 Å². The first kappa shape index (κ1) is 16.4. The Morgan fingerprint density at radius 3 is 2.47 bits per heavy atom. The predicted molar refractivity (Wildman–Crippen MR) is 91.1 cm³/mol. The van der Waals surface area contributed by atoms with Gasteiger partial charge < -0.3 is 15.5 Å². The SMILES string of the molecule is CCN(CCCN(C)C)c1ccc(C(N)=S)cc1Br. The molecule has 5 heteroatoms. The first-order valence-electron chi connectivity index (χ1n) is 6.44. The predicted octanol–water partition coefficient (Wildman–Crippen LogP) is 2.86. The average molecular weight is 344 g/mol. The molecule has 1 aromatic carbocycles. The number of anilines is 1. The van der Waals surface area contributed by atoms with Gasteiger partial charge in [-0.1, -0.05) is 12.2 Å². The van der Waals surface area contributed by atoms with Gasteiger partial charge >= 0.3 is 0 Å². The van der Waals surface area contributed by atoms with Crippen molar-refractivity contribution in [2.24, 2.45) is 5.73 Å². The molecule has 0 aromatic heterocycles. The number of benzene rings is 1. The Labute approximate surface area is 129 Å². The molecule has 3 nitrogen and oxygen atoms in total. The number of thiocarbonyl (C=S) groups is 1. The Morgan fingerprint density at radius 1 is 1.32 bits per heavy atom. The lowest BCUT2D eigenvalue weighted by Gasteiger charge is -2.25. The molecule has 0 heterocycles. The zero-order valence-corrected chi connectivity index (χ0v) is 14.2. The summed E-state index contributed by atoms with van der Waals surface area (Å²) in [7, 11) is 4.20. The van der Waals surface area contributed by atoms with Crippen LogP contribution in [0, 0.1) is 0 Å². The summed E-state index contributed by atoms with van der Waals surface area (Å²) < 4.78 is 1.05. The van der Waals surface area contributed by atoms with Gasteiger partial charge in [-0.3, -0.25) is 0 Å². The van der Waals surface area contributed by atoms with E-state index in [0.29, 0.717) is 4.99 Å². The average Bonchev–Trinajstić information content (AvgIpc) is 2.34. The highest BCUT2D eigenvalue weighted by atomic mass is 79.9. The zero-order chi connectivity index (χ0) is 14.4. The van der Waals surface area contributed by atoms with Crippen LogP contribution in [0.2, 0.25) is 0 Å². The number of rotatable bonds is 7. The summed E-state index contributed by atoms with van der Waals surface area (Å²) in [6.45, 7) is 5.29. The normalized spacial score (nSPS) is 10.8. The fourth-order valence-electron chi connectivity index (χ4n) is 1.94. The van der Waals surface area contributed by atoms with Crippen LogP contribution in [0.5, 0.6) is 0 Å². The van der Waals surface area contributed by atoms with E-state index in [4.69, 9.17) is 18.0 Å². The Hall–Kier alpha value is -0.650. The van der Waals surface area contributed by atoms with Crippen molar-refractivity contribution in [1.29, 1.82) is 0 Å². The summed E-state index contributed by atoms with van der Waals surface area (Å²) in [6.07, 6.45) is 1.14. The molecule has 2 N–H and O–H groups in total. The van der Waals surface area contributed by atoms with Crippen LogP contribution in [0.3, 0.4) is 0 Å². The molecule has 0 bridgehead atoms. The summed E-state index contributed by atoms with van der Waals surface area (Å²) in [5, 5.41) is 0. The minimum atomic E-state index is 0.433. The molecule has 0 spiro atoms. The van der Waals surface area contributed by atoms with Gasteiger partial charge in [-0.15, -0.1) is 0 Å². The first-order chi connectivity index (χ1) is 8.95. The van der Waals surface area contributed by atoms with Crippen LogP contribution < -0.4 is 10.6 Å². The molecule has 0 radical (unpaired) electrons. The zero-order valence-electron chi connectivity index (χ0n) is 11.8. The Morgan fingerprint density at radius 2 is 2.00 bits per heavy atom. The maximum Gasteiger partial charge on any atom is 0.104 e. The van der Waals surface area contributed by atoms with Crippen LogP contribution in [-0.2, 0) is 0 Å². The molecular formula is C14H22BrN3S. The second kappa shape index (κ2) is 7.82. The van der Waals surface area contributed by atoms with Crippen molar-refractivity contribution in [1.82, 2.24) is 4.90 Å². The van der Waals surface area contributed by atoms with Gasteiger partial charge in [0.05, 0.1) is 5.69 Å². The Bertz CT molecular complexity index is 435. The van der Waals surface area contributed by atoms with Gasteiger partial charge in [-0.25, -0.2) is 0 Å². The van der Waals surface area contributed by atoms with E-state index in [1.807, 2.05) is 12.1 Å². The van der Waals surface area contributed by atoms with E-state index in [-0.39, 0.29) is 0 Å². The highest BCUT2D eigenvalue weighted by Gasteiger charge is 2.09. The van der Waals surface area contributed by atoms with Crippen LogP contribution in [0.4, 0.5) is 5.69 Å². The summed E-state index contributed by atoms with van der Waals surface area (Å²) in [5.41, 5.74) is 7.74. The molecule has 0 aliphatic heterocycles. The summed E-state index contributed by atoms with van der Waals surface area (Å²) in [4.78, 5) is 5.00. The van der Waals surface area contributed by atoms with Gasteiger partial charge in [0.1, 0.15) is 4.99 Å². The van der Waals surface area contributed by atoms with E-state index in [2.05, 4.69) is 52.8 Å². The fraction of sp³-hybridized carbons (Fsp3) is 0.500. The van der Waals surface area contributed by atoms with Gasteiger partial charge in [-0.05, 0) is 68.1 Å². The first-order valence-corrected chi connectivity index (χ1v) is 7.64. The van der Waals surface area contributed by atoms with Crippen molar-refractivity contribution >= 4 is 38.8 Å². The summed E-state index contributed by atoms with van der Waals surface area (Å²) in [6, 6.07) is 6.06. The minimum absolute atomic E-state index is 0.433. The van der Waals surface area contributed by atoms with Crippen LogP contribution in [-0.4, -0.2) is 43.6 Å². The third kappa shape index (κ3) is 5.09. The minimum Gasteiger partial charge on any atom is -0.389 e.